The molecule has 1 heterocycles. The average molecular weight is 254 g/mol. The fourth-order valence-electron chi connectivity index (χ4n) is 2.04. The van der Waals surface area contributed by atoms with E-state index >= 15 is 0 Å². The lowest BCUT2D eigenvalue weighted by molar-refractivity contribution is 0.289. The SMILES string of the molecule is Cc1ccc2c(COc3ccccc3O)coc2c1. The van der Waals surface area contributed by atoms with Gasteiger partial charge in [-0.1, -0.05) is 24.3 Å². The summed E-state index contributed by atoms with van der Waals surface area (Å²) in [7, 11) is 0. The molecule has 1 N–H and O–H groups in total. The zero-order valence-corrected chi connectivity index (χ0v) is 10.6. The van der Waals surface area contributed by atoms with Gasteiger partial charge in [0.05, 0.1) is 6.26 Å². The predicted octanol–water partition coefficient (Wildman–Crippen LogP) is 4.03. The molecular formula is C16H14O3. The van der Waals surface area contributed by atoms with E-state index in [4.69, 9.17) is 9.15 Å². The van der Waals surface area contributed by atoms with Crippen molar-refractivity contribution in [1.29, 1.82) is 0 Å². The Morgan fingerprint density at radius 1 is 1.16 bits per heavy atom. The summed E-state index contributed by atoms with van der Waals surface area (Å²) in [4.78, 5) is 0. The fourth-order valence-corrected chi connectivity index (χ4v) is 2.04. The number of para-hydroxylation sites is 2. The van der Waals surface area contributed by atoms with Crippen molar-refractivity contribution in [3.8, 4) is 11.5 Å². The van der Waals surface area contributed by atoms with Crippen molar-refractivity contribution in [3.05, 3.63) is 59.9 Å². The second-order valence-corrected chi connectivity index (χ2v) is 4.52. The molecule has 0 saturated carbocycles. The summed E-state index contributed by atoms with van der Waals surface area (Å²) in [6.45, 7) is 2.40. The van der Waals surface area contributed by atoms with Crippen LogP contribution in [0.1, 0.15) is 11.1 Å². The van der Waals surface area contributed by atoms with Gasteiger partial charge in [-0.2, -0.15) is 0 Å². The van der Waals surface area contributed by atoms with Gasteiger partial charge in [0.15, 0.2) is 11.5 Å². The maximum absolute atomic E-state index is 9.64. The molecule has 0 bridgehead atoms. The molecule has 2 aromatic carbocycles. The molecule has 3 rings (SSSR count). The normalized spacial score (nSPS) is 10.8. The van der Waals surface area contributed by atoms with Gasteiger partial charge in [0.1, 0.15) is 12.2 Å². The number of ether oxygens (including phenoxy) is 1. The van der Waals surface area contributed by atoms with Crippen LogP contribution in [0, 0.1) is 6.92 Å². The van der Waals surface area contributed by atoms with Gasteiger partial charge in [0, 0.05) is 10.9 Å². The molecule has 3 aromatic rings. The van der Waals surface area contributed by atoms with Crippen molar-refractivity contribution >= 4 is 11.0 Å². The first-order valence-electron chi connectivity index (χ1n) is 6.11. The van der Waals surface area contributed by atoms with Crippen molar-refractivity contribution < 1.29 is 14.3 Å². The Labute approximate surface area is 111 Å². The smallest absolute Gasteiger partial charge is 0.161 e. The van der Waals surface area contributed by atoms with Gasteiger partial charge in [-0.25, -0.2) is 0 Å². The summed E-state index contributed by atoms with van der Waals surface area (Å²) in [5.41, 5.74) is 2.99. The Kier molecular flexibility index (Phi) is 2.88. The Morgan fingerprint density at radius 2 is 2.00 bits per heavy atom. The third kappa shape index (κ3) is 2.27. The molecule has 0 aliphatic rings. The highest BCUT2D eigenvalue weighted by molar-refractivity contribution is 5.81. The molecule has 0 radical (unpaired) electrons. The van der Waals surface area contributed by atoms with Gasteiger partial charge in [-0.05, 0) is 30.7 Å². The zero-order chi connectivity index (χ0) is 13.2. The van der Waals surface area contributed by atoms with Crippen LogP contribution in [0.3, 0.4) is 0 Å². The number of furan rings is 1. The number of rotatable bonds is 3. The minimum atomic E-state index is 0.145. The highest BCUT2D eigenvalue weighted by Crippen LogP contribution is 2.27. The molecule has 3 heteroatoms. The van der Waals surface area contributed by atoms with E-state index in [0.29, 0.717) is 12.4 Å². The molecule has 1 aromatic heterocycles. The number of hydrogen-bond donors (Lipinski definition) is 1. The molecule has 0 aliphatic carbocycles. The standard InChI is InChI=1S/C16H14O3/c1-11-6-7-13-12(10-19-16(13)8-11)9-18-15-5-3-2-4-14(15)17/h2-8,10,17H,9H2,1H3. The third-order valence-corrected chi connectivity index (χ3v) is 3.06. The van der Waals surface area contributed by atoms with E-state index in [0.717, 1.165) is 22.1 Å². The van der Waals surface area contributed by atoms with Crippen LogP contribution < -0.4 is 4.74 Å². The maximum atomic E-state index is 9.64. The predicted molar refractivity (Wildman–Crippen MR) is 73.4 cm³/mol. The van der Waals surface area contributed by atoms with E-state index in [9.17, 15) is 5.11 Å². The minimum Gasteiger partial charge on any atom is -0.504 e. The molecule has 3 nitrogen and oxygen atoms in total. The number of aryl methyl sites for hydroxylation is 1. The summed E-state index contributed by atoms with van der Waals surface area (Å²) in [5.74, 6) is 0.620. The third-order valence-electron chi connectivity index (χ3n) is 3.06. The molecule has 0 fully saturated rings. The lowest BCUT2D eigenvalue weighted by Gasteiger charge is -2.06. The van der Waals surface area contributed by atoms with Crippen LogP contribution >= 0.6 is 0 Å². The quantitative estimate of drug-likeness (QED) is 0.767. The lowest BCUT2D eigenvalue weighted by atomic mass is 10.1. The number of hydrogen-bond acceptors (Lipinski definition) is 3. The second-order valence-electron chi connectivity index (χ2n) is 4.52. The van der Waals surface area contributed by atoms with Gasteiger partial charge >= 0.3 is 0 Å². The molecular weight excluding hydrogens is 240 g/mol. The summed E-state index contributed by atoms with van der Waals surface area (Å²) in [5, 5.41) is 10.7. The molecule has 0 atom stereocenters. The first-order valence-corrected chi connectivity index (χ1v) is 6.11. The Bertz CT molecular complexity index is 713. The van der Waals surface area contributed by atoms with Crippen molar-refractivity contribution in [3.63, 3.8) is 0 Å². The molecule has 0 saturated heterocycles. The Balaban J connectivity index is 1.84. The molecule has 0 unspecified atom stereocenters. The number of phenolic OH excluding ortho intramolecular Hbond substituents is 1. The number of fused-ring (bicyclic) bond motifs is 1. The van der Waals surface area contributed by atoms with Crippen LogP contribution in [0.4, 0.5) is 0 Å². The van der Waals surface area contributed by atoms with E-state index < -0.39 is 0 Å². The van der Waals surface area contributed by atoms with E-state index in [1.807, 2.05) is 31.2 Å². The number of phenols is 1. The van der Waals surface area contributed by atoms with Crippen LogP contribution in [-0.4, -0.2) is 5.11 Å². The summed E-state index contributed by atoms with van der Waals surface area (Å²) < 4.78 is 11.1. The monoisotopic (exact) mass is 254 g/mol. The maximum Gasteiger partial charge on any atom is 0.161 e. The van der Waals surface area contributed by atoms with Gasteiger partial charge in [0.2, 0.25) is 0 Å². The Hall–Kier alpha value is -2.42. The molecule has 0 spiro atoms. The number of benzene rings is 2. The van der Waals surface area contributed by atoms with Crippen LogP contribution in [0.2, 0.25) is 0 Å². The first kappa shape index (κ1) is 11.7. The first-order chi connectivity index (χ1) is 9.24. The molecule has 19 heavy (non-hydrogen) atoms. The molecule has 96 valence electrons. The van der Waals surface area contributed by atoms with E-state index in [1.165, 1.54) is 0 Å². The van der Waals surface area contributed by atoms with Crippen LogP contribution in [0.15, 0.2) is 53.1 Å². The average Bonchev–Trinajstić information content (AvgIpc) is 2.80. The van der Waals surface area contributed by atoms with Gasteiger partial charge in [0.25, 0.3) is 0 Å². The molecule has 0 amide bonds. The number of aromatic hydroxyl groups is 1. The van der Waals surface area contributed by atoms with Crippen LogP contribution in [-0.2, 0) is 6.61 Å². The Morgan fingerprint density at radius 3 is 2.84 bits per heavy atom. The van der Waals surface area contributed by atoms with E-state index in [1.54, 1.807) is 24.5 Å². The fraction of sp³-hybridized carbons (Fsp3) is 0.125. The van der Waals surface area contributed by atoms with Gasteiger partial charge in [-0.15, -0.1) is 0 Å². The van der Waals surface area contributed by atoms with E-state index in [-0.39, 0.29) is 5.75 Å². The summed E-state index contributed by atoms with van der Waals surface area (Å²) in [6, 6.07) is 13.0. The largest absolute Gasteiger partial charge is 0.504 e. The highest BCUT2D eigenvalue weighted by atomic mass is 16.5. The van der Waals surface area contributed by atoms with Crippen molar-refractivity contribution in [2.45, 2.75) is 13.5 Å². The van der Waals surface area contributed by atoms with Crippen molar-refractivity contribution in [1.82, 2.24) is 0 Å². The van der Waals surface area contributed by atoms with Crippen molar-refractivity contribution in [2.75, 3.05) is 0 Å². The van der Waals surface area contributed by atoms with E-state index in [2.05, 4.69) is 0 Å². The van der Waals surface area contributed by atoms with Gasteiger partial charge < -0.3 is 14.3 Å². The second kappa shape index (κ2) is 4.69. The molecule has 0 aliphatic heterocycles. The van der Waals surface area contributed by atoms with Gasteiger partial charge in [-0.3, -0.25) is 0 Å². The van der Waals surface area contributed by atoms with Crippen LogP contribution in [0.25, 0.3) is 11.0 Å². The topological polar surface area (TPSA) is 42.6 Å². The summed E-state index contributed by atoms with van der Waals surface area (Å²) in [6.07, 6.45) is 1.70. The zero-order valence-electron chi connectivity index (χ0n) is 10.6. The highest BCUT2D eigenvalue weighted by Gasteiger charge is 2.08. The van der Waals surface area contributed by atoms with Crippen LogP contribution in [0.5, 0.6) is 11.5 Å². The lowest BCUT2D eigenvalue weighted by Crippen LogP contribution is -1.94. The van der Waals surface area contributed by atoms with Crippen molar-refractivity contribution in [2.24, 2.45) is 0 Å². The minimum absolute atomic E-state index is 0.145. The summed E-state index contributed by atoms with van der Waals surface area (Å²) >= 11 is 0.